The van der Waals surface area contributed by atoms with E-state index in [1.54, 1.807) is 0 Å². The van der Waals surface area contributed by atoms with Gasteiger partial charge in [0.15, 0.2) is 0 Å². The van der Waals surface area contributed by atoms with Gasteiger partial charge in [0.05, 0.1) is 18.3 Å². The highest BCUT2D eigenvalue weighted by Gasteiger charge is 2.68. The molecule has 2 fully saturated rings. The van der Waals surface area contributed by atoms with Crippen LogP contribution in [-0.4, -0.2) is 91.4 Å². The molecule has 54 heavy (non-hydrogen) atoms. The molecular formula is C46H67N3O5. The summed E-state index contributed by atoms with van der Waals surface area (Å²) in [5.41, 5.74) is 5.17. The third-order valence-corrected chi connectivity index (χ3v) is 13.3. The van der Waals surface area contributed by atoms with Gasteiger partial charge in [-0.15, -0.1) is 0 Å². The molecule has 1 aliphatic heterocycles. The van der Waals surface area contributed by atoms with E-state index >= 15 is 0 Å². The highest BCUT2D eigenvalue weighted by atomic mass is 16.3. The molecule has 2 saturated carbocycles. The molecule has 4 aliphatic rings. The van der Waals surface area contributed by atoms with Crippen molar-refractivity contribution in [1.29, 1.82) is 0 Å². The van der Waals surface area contributed by atoms with Gasteiger partial charge >= 0.3 is 0 Å². The van der Waals surface area contributed by atoms with Crippen LogP contribution in [0.15, 0.2) is 95.2 Å². The topological polar surface area (TPSA) is 134 Å². The van der Waals surface area contributed by atoms with Crippen molar-refractivity contribution in [3.63, 3.8) is 0 Å². The number of fused-ring (bicyclic) bond motifs is 5. The minimum atomic E-state index is -1.21. The number of allylic oxidation sites excluding steroid dienone is 9. The van der Waals surface area contributed by atoms with Crippen LogP contribution in [0.1, 0.15) is 69.9 Å². The smallest absolute Gasteiger partial charge is 0.145 e. The first-order valence-electron chi connectivity index (χ1n) is 20.3. The SMILES string of the molecule is C=C(C=CC=C(CO)C1CCC2(C1O)C1C(=C(C)C=O)C(C=CC1CCO)CC2(O)CCNC)C1CC=C(C)CNC(CCNC)Cc2cccc(c2)C1. The van der Waals surface area contributed by atoms with Crippen molar-refractivity contribution in [3.05, 3.63) is 106 Å². The Bertz CT molecular complexity index is 1610. The number of benzene rings is 1. The van der Waals surface area contributed by atoms with Crippen LogP contribution in [0.2, 0.25) is 0 Å². The van der Waals surface area contributed by atoms with Crippen LogP contribution in [0, 0.1) is 35.0 Å². The van der Waals surface area contributed by atoms with Gasteiger partial charge in [0.1, 0.15) is 6.29 Å². The van der Waals surface area contributed by atoms with Gasteiger partial charge in [0.2, 0.25) is 0 Å². The lowest BCUT2D eigenvalue weighted by molar-refractivity contribution is -0.194. The molecule has 296 valence electrons. The normalized spacial score (nSPS) is 34.0. The van der Waals surface area contributed by atoms with Crippen molar-refractivity contribution in [1.82, 2.24) is 16.0 Å². The van der Waals surface area contributed by atoms with E-state index in [0.29, 0.717) is 50.3 Å². The fourth-order valence-corrected chi connectivity index (χ4v) is 10.5. The van der Waals surface area contributed by atoms with Gasteiger partial charge in [-0.05, 0) is 139 Å². The zero-order valence-corrected chi connectivity index (χ0v) is 33.2. The number of aliphatic hydroxyl groups is 4. The number of aldehydes is 1. The second kappa shape index (κ2) is 19.3. The van der Waals surface area contributed by atoms with Crippen molar-refractivity contribution in [2.75, 3.05) is 46.9 Å². The summed E-state index contributed by atoms with van der Waals surface area (Å²) in [6.45, 7) is 10.7. The number of carbonyl (C=O) groups excluding carboxylic acids is 1. The maximum Gasteiger partial charge on any atom is 0.145 e. The van der Waals surface area contributed by atoms with Crippen LogP contribution in [0.5, 0.6) is 0 Å². The van der Waals surface area contributed by atoms with E-state index in [2.05, 4.69) is 71.9 Å². The second-order valence-corrected chi connectivity index (χ2v) is 16.6. The fourth-order valence-electron chi connectivity index (χ4n) is 10.5. The highest BCUT2D eigenvalue weighted by Crippen LogP contribution is 2.67. The van der Waals surface area contributed by atoms with Crippen molar-refractivity contribution in [3.8, 4) is 0 Å². The Morgan fingerprint density at radius 3 is 2.56 bits per heavy atom. The van der Waals surface area contributed by atoms with Gasteiger partial charge in [-0.25, -0.2) is 0 Å². The molecule has 1 aromatic carbocycles. The van der Waals surface area contributed by atoms with Gasteiger partial charge in [0.25, 0.3) is 0 Å². The van der Waals surface area contributed by atoms with E-state index in [9.17, 15) is 25.2 Å². The molecule has 3 aliphatic carbocycles. The highest BCUT2D eigenvalue weighted by molar-refractivity contribution is 5.74. The van der Waals surface area contributed by atoms with E-state index in [4.69, 9.17) is 0 Å². The Balaban J connectivity index is 1.42. The summed E-state index contributed by atoms with van der Waals surface area (Å²) in [6, 6.07) is 9.35. The molecule has 0 aromatic heterocycles. The molecule has 8 nitrogen and oxygen atoms in total. The largest absolute Gasteiger partial charge is 0.396 e. The molecule has 1 heterocycles. The van der Waals surface area contributed by atoms with E-state index < -0.39 is 17.1 Å². The lowest BCUT2D eigenvalue weighted by Crippen LogP contribution is -2.65. The number of aliphatic hydroxyl groups excluding tert-OH is 3. The van der Waals surface area contributed by atoms with Crippen LogP contribution in [0.25, 0.3) is 0 Å². The summed E-state index contributed by atoms with van der Waals surface area (Å²) >= 11 is 0. The van der Waals surface area contributed by atoms with E-state index in [1.165, 1.54) is 16.7 Å². The van der Waals surface area contributed by atoms with Gasteiger partial charge in [0, 0.05) is 36.4 Å². The van der Waals surface area contributed by atoms with Crippen molar-refractivity contribution in [2.24, 2.45) is 35.0 Å². The molecule has 1 aromatic rings. The average Bonchev–Trinajstić information content (AvgIpc) is 3.51. The lowest BCUT2D eigenvalue weighted by Gasteiger charge is -2.61. The van der Waals surface area contributed by atoms with Crippen molar-refractivity contribution >= 4 is 6.29 Å². The van der Waals surface area contributed by atoms with E-state index in [1.807, 2.05) is 39.2 Å². The zero-order chi connectivity index (χ0) is 38.9. The summed E-state index contributed by atoms with van der Waals surface area (Å²) in [6.07, 6.45) is 18.8. The Kier molecular flexibility index (Phi) is 15.1. The second-order valence-electron chi connectivity index (χ2n) is 16.6. The maximum atomic E-state index is 12.8. The van der Waals surface area contributed by atoms with E-state index in [-0.39, 0.29) is 42.8 Å². The monoisotopic (exact) mass is 742 g/mol. The molecule has 4 bridgehead atoms. The van der Waals surface area contributed by atoms with Gasteiger partial charge < -0.3 is 36.4 Å². The molecule has 9 atom stereocenters. The summed E-state index contributed by atoms with van der Waals surface area (Å²) in [7, 11) is 3.87. The van der Waals surface area contributed by atoms with Gasteiger partial charge in [-0.3, -0.25) is 4.79 Å². The van der Waals surface area contributed by atoms with Gasteiger partial charge in [-0.1, -0.05) is 84.0 Å². The zero-order valence-electron chi connectivity index (χ0n) is 33.2. The predicted molar refractivity (Wildman–Crippen MR) is 219 cm³/mol. The minimum absolute atomic E-state index is 0.0271. The third-order valence-electron chi connectivity index (χ3n) is 13.3. The Hall–Kier alpha value is -2.95. The first-order chi connectivity index (χ1) is 26.0. The Morgan fingerprint density at radius 1 is 1.09 bits per heavy atom. The summed E-state index contributed by atoms with van der Waals surface area (Å²) in [5, 5.41) is 56.5. The van der Waals surface area contributed by atoms with Crippen LogP contribution >= 0.6 is 0 Å². The predicted octanol–water partition coefficient (Wildman–Crippen LogP) is 5.15. The molecule has 5 rings (SSSR count). The number of nitrogens with one attached hydrogen (secondary N) is 3. The summed E-state index contributed by atoms with van der Waals surface area (Å²) in [4.78, 5) is 12.3. The molecule has 9 unspecified atom stereocenters. The van der Waals surface area contributed by atoms with Crippen LogP contribution in [-0.2, 0) is 17.6 Å². The van der Waals surface area contributed by atoms with E-state index in [0.717, 1.165) is 61.8 Å². The van der Waals surface area contributed by atoms with Crippen molar-refractivity contribution in [2.45, 2.75) is 89.4 Å². The molecule has 0 saturated heterocycles. The quantitative estimate of drug-likeness (QED) is 0.0603. The first kappa shape index (κ1) is 42.2. The summed E-state index contributed by atoms with van der Waals surface area (Å²) < 4.78 is 0. The number of rotatable bonds is 14. The third kappa shape index (κ3) is 9.02. The Labute approximate surface area is 324 Å². The number of carbonyl (C=O) groups is 1. The van der Waals surface area contributed by atoms with Crippen LogP contribution in [0.3, 0.4) is 0 Å². The molecular weight excluding hydrogens is 675 g/mol. The maximum absolute atomic E-state index is 12.8. The van der Waals surface area contributed by atoms with Crippen molar-refractivity contribution < 1.29 is 25.2 Å². The number of hydrogen-bond acceptors (Lipinski definition) is 8. The average molecular weight is 742 g/mol. The van der Waals surface area contributed by atoms with Gasteiger partial charge in [-0.2, -0.15) is 0 Å². The molecule has 1 spiro atoms. The lowest BCUT2D eigenvalue weighted by atomic mass is 9.45. The fraction of sp³-hybridized carbons (Fsp3) is 0.587. The first-order valence-corrected chi connectivity index (χ1v) is 20.3. The molecule has 0 radical (unpaired) electrons. The number of hydrogen-bond donors (Lipinski definition) is 7. The summed E-state index contributed by atoms with van der Waals surface area (Å²) in [5.74, 6) is -0.715. The minimum Gasteiger partial charge on any atom is -0.396 e. The Morgan fingerprint density at radius 2 is 1.85 bits per heavy atom. The standard InChI is InChI=1S/C46H67N3O5/c1-31-12-13-37(25-34-9-7-10-35(24-34)26-40(49-28-31)17-21-47-4)32(2)8-6-11-39(30-52)41-16-19-46(44(41)53)43-36(18-23-50)14-15-38(42(43)33(3)29-51)27-45(46,54)20-22-48-5/h6-12,14-15,24,29,36-38,40-41,43-44,47-50,52-54H,2,13,16-23,25-28,30H2,1,3-5H3. The van der Waals surface area contributed by atoms with Crippen LogP contribution in [0.4, 0.5) is 0 Å². The molecule has 7 N–H and O–H groups in total. The van der Waals surface area contributed by atoms with Crippen LogP contribution < -0.4 is 16.0 Å². The molecule has 8 heteroatoms. The molecule has 0 amide bonds.